The van der Waals surface area contributed by atoms with Gasteiger partial charge in [-0.05, 0) is 6.42 Å². The van der Waals surface area contributed by atoms with Crippen molar-refractivity contribution in [2.24, 2.45) is 0 Å². The number of H-pyrrole nitrogens is 2. The Morgan fingerprint density at radius 1 is 1.57 bits per heavy atom. The summed E-state index contributed by atoms with van der Waals surface area (Å²) >= 11 is 0. The maximum atomic E-state index is 12.3. The summed E-state index contributed by atoms with van der Waals surface area (Å²) in [6.07, 6.45) is 4.60. The number of ether oxygens (including phenoxy) is 1. The lowest BCUT2D eigenvalue weighted by molar-refractivity contribution is -0.0268. The molecule has 1 amide bonds. The number of hydrogen-bond donors (Lipinski definition) is 2. The van der Waals surface area contributed by atoms with E-state index >= 15 is 0 Å². The number of nitrogens with one attached hydrogen (secondary N) is 2. The van der Waals surface area contributed by atoms with Crippen LogP contribution < -0.4 is 0 Å². The van der Waals surface area contributed by atoms with E-state index in [2.05, 4.69) is 32.1 Å². The standard InChI is InChI=1S/C13H18N6O2/c1-2-3-11-16-12(18-17-11)10-7-19(4-5-21-10)13(20)9-6-14-8-15-9/h6,8,10H,2-5,7H2,1H3,(H,14,15)(H,16,17,18)/t10-/m1/s1. The van der Waals surface area contributed by atoms with Crippen molar-refractivity contribution in [1.82, 2.24) is 30.0 Å². The fourth-order valence-corrected chi connectivity index (χ4v) is 2.34. The summed E-state index contributed by atoms with van der Waals surface area (Å²) in [6.45, 7) is 3.56. The first-order chi connectivity index (χ1) is 10.3. The van der Waals surface area contributed by atoms with Gasteiger partial charge in [-0.15, -0.1) is 0 Å². The Kier molecular flexibility index (Phi) is 3.96. The first-order valence-corrected chi connectivity index (χ1v) is 7.08. The Morgan fingerprint density at radius 3 is 3.24 bits per heavy atom. The molecule has 3 rings (SSSR count). The highest BCUT2D eigenvalue weighted by Crippen LogP contribution is 2.20. The summed E-state index contributed by atoms with van der Waals surface area (Å²) in [6, 6.07) is 0. The summed E-state index contributed by atoms with van der Waals surface area (Å²) in [7, 11) is 0. The number of aromatic amines is 2. The van der Waals surface area contributed by atoms with Gasteiger partial charge in [0.05, 0.1) is 25.7 Å². The van der Waals surface area contributed by atoms with Crippen LogP contribution in [-0.4, -0.2) is 55.7 Å². The molecule has 1 aliphatic rings. The zero-order valence-electron chi connectivity index (χ0n) is 11.9. The number of morpholine rings is 1. The van der Waals surface area contributed by atoms with Crippen LogP contribution in [0.2, 0.25) is 0 Å². The van der Waals surface area contributed by atoms with Crippen molar-refractivity contribution in [2.75, 3.05) is 19.7 Å². The second-order valence-corrected chi connectivity index (χ2v) is 4.97. The molecule has 0 unspecified atom stereocenters. The molecule has 0 spiro atoms. The van der Waals surface area contributed by atoms with Gasteiger partial charge in [-0.25, -0.2) is 9.97 Å². The Hall–Kier alpha value is -2.22. The second-order valence-electron chi connectivity index (χ2n) is 4.97. The maximum Gasteiger partial charge on any atom is 0.272 e. The van der Waals surface area contributed by atoms with Crippen molar-refractivity contribution in [3.8, 4) is 0 Å². The molecule has 3 heterocycles. The molecule has 0 radical (unpaired) electrons. The SMILES string of the molecule is CCCc1nc([C@H]2CN(C(=O)c3cnc[nH]3)CCO2)n[nH]1. The fraction of sp³-hybridized carbons (Fsp3) is 0.538. The Bertz CT molecular complexity index is 594. The number of aromatic nitrogens is 5. The molecule has 1 atom stereocenters. The zero-order valence-corrected chi connectivity index (χ0v) is 11.9. The van der Waals surface area contributed by atoms with Crippen LogP contribution >= 0.6 is 0 Å². The highest BCUT2D eigenvalue weighted by Gasteiger charge is 2.29. The molecule has 0 aromatic carbocycles. The summed E-state index contributed by atoms with van der Waals surface area (Å²) in [5.41, 5.74) is 0.484. The normalized spacial score (nSPS) is 18.9. The summed E-state index contributed by atoms with van der Waals surface area (Å²) in [5.74, 6) is 1.39. The number of nitrogens with zero attached hydrogens (tertiary/aromatic N) is 4. The van der Waals surface area contributed by atoms with Crippen molar-refractivity contribution in [3.63, 3.8) is 0 Å². The molecule has 1 aliphatic heterocycles. The minimum Gasteiger partial charge on any atom is -0.366 e. The number of carbonyl (C=O) groups excluding carboxylic acids is 1. The van der Waals surface area contributed by atoms with Crippen LogP contribution in [0, 0.1) is 0 Å². The third-order valence-corrected chi connectivity index (χ3v) is 3.41. The van der Waals surface area contributed by atoms with Crippen molar-refractivity contribution >= 4 is 5.91 Å². The van der Waals surface area contributed by atoms with E-state index in [1.54, 1.807) is 4.90 Å². The minimum atomic E-state index is -0.285. The van der Waals surface area contributed by atoms with Crippen LogP contribution in [0.1, 0.15) is 41.6 Å². The molecule has 2 N–H and O–H groups in total. The molecule has 8 nitrogen and oxygen atoms in total. The van der Waals surface area contributed by atoms with Crippen LogP contribution in [0.15, 0.2) is 12.5 Å². The lowest BCUT2D eigenvalue weighted by atomic mass is 10.2. The molecule has 21 heavy (non-hydrogen) atoms. The lowest BCUT2D eigenvalue weighted by Crippen LogP contribution is -2.42. The first-order valence-electron chi connectivity index (χ1n) is 7.08. The largest absolute Gasteiger partial charge is 0.366 e. The van der Waals surface area contributed by atoms with Crippen molar-refractivity contribution < 1.29 is 9.53 Å². The van der Waals surface area contributed by atoms with E-state index in [0.717, 1.165) is 18.7 Å². The van der Waals surface area contributed by atoms with Gasteiger partial charge in [0.15, 0.2) is 5.82 Å². The molecular formula is C13H18N6O2. The summed E-state index contributed by atoms with van der Waals surface area (Å²) in [5, 5.41) is 7.11. The minimum absolute atomic E-state index is 0.0786. The average Bonchev–Trinajstić information content (AvgIpc) is 3.18. The average molecular weight is 290 g/mol. The highest BCUT2D eigenvalue weighted by molar-refractivity contribution is 5.92. The predicted molar refractivity (Wildman–Crippen MR) is 73.6 cm³/mol. The molecule has 0 aliphatic carbocycles. The topological polar surface area (TPSA) is 99.8 Å². The van der Waals surface area contributed by atoms with E-state index < -0.39 is 0 Å². The van der Waals surface area contributed by atoms with Crippen LogP contribution in [0.3, 0.4) is 0 Å². The van der Waals surface area contributed by atoms with E-state index in [9.17, 15) is 4.79 Å². The number of hydrogen-bond acceptors (Lipinski definition) is 5. The third kappa shape index (κ3) is 2.94. The molecule has 8 heteroatoms. The summed E-state index contributed by atoms with van der Waals surface area (Å²) in [4.78, 5) is 25.2. The molecular weight excluding hydrogens is 272 g/mol. The van der Waals surface area contributed by atoms with Crippen molar-refractivity contribution in [1.29, 1.82) is 0 Å². The van der Waals surface area contributed by atoms with Crippen LogP contribution in [-0.2, 0) is 11.2 Å². The number of amides is 1. The van der Waals surface area contributed by atoms with Gasteiger partial charge < -0.3 is 14.6 Å². The number of imidazole rings is 1. The molecule has 0 bridgehead atoms. The van der Waals surface area contributed by atoms with E-state index in [4.69, 9.17) is 4.74 Å². The number of aryl methyl sites for hydroxylation is 1. The van der Waals surface area contributed by atoms with E-state index in [-0.39, 0.29) is 12.0 Å². The molecule has 0 saturated carbocycles. The predicted octanol–water partition coefficient (Wildman–Crippen LogP) is 0.694. The first kappa shape index (κ1) is 13.7. The van der Waals surface area contributed by atoms with Crippen molar-refractivity contribution in [2.45, 2.75) is 25.9 Å². The molecule has 2 aromatic rings. The Labute approximate surface area is 121 Å². The van der Waals surface area contributed by atoms with Crippen LogP contribution in [0.5, 0.6) is 0 Å². The maximum absolute atomic E-state index is 12.3. The van der Waals surface area contributed by atoms with Gasteiger partial charge in [-0.3, -0.25) is 9.89 Å². The quantitative estimate of drug-likeness (QED) is 0.863. The van der Waals surface area contributed by atoms with Crippen molar-refractivity contribution in [3.05, 3.63) is 29.9 Å². The van der Waals surface area contributed by atoms with Gasteiger partial charge in [0.2, 0.25) is 0 Å². The molecule has 2 aromatic heterocycles. The zero-order chi connectivity index (χ0) is 14.7. The monoisotopic (exact) mass is 290 g/mol. The molecule has 112 valence electrons. The summed E-state index contributed by atoms with van der Waals surface area (Å²) < 4.78 is 5.69. The van der Waals surface area contributed by atoms with E-state index in [1.165, 1.54) is 12.5 Å². The van der Waals surface area contributed by atoms with Gasteiger partial charge in [-0.1, -0.05) is 6.92 Å². The van der Waals surface area contributed by atoms with Gasteiger partial charge in [0.25, 0.3) is 5.91 Å². The van der Waals surface area contributed by atoms with Crippen LogP contribution in [0.4, 0.5) is 0 Å². The Balaban J connectivity index is 1.69. The fourth-order valence-electron chi connectivity index (χ4n) is 2.34. The van der Waals surface area contributed by atoms with Crippen LogP contribution in [0.25, 0.3) is 0 Å². The van der Waals surface area contributed by atoms with Gasteiger partial charge in [0.1, 0.15) is 17.6 Å². The number of carbonyl (C=O) groups is 1. The second kappa shape index (κ2) is 6.04. The van der Waals surface area contributed by atoms with Gasteiger partial charge >= 0.3 is 0 Å². The van der Waals surface area contributed by atoms with Gasteiger partial charge in [0, 0.05) is 13.0 Å². The Morgan fingerprint density at radius 2 is 2.48 bits per heavy atom. The van der Waals surface area contributed by atoms with E-state index in [1.807, 2.05) is 0 Å². The van der Waals surface area contributed by atoms with Gasteiger partial charge in [-0.2, -0.15) is 5.10 Å². The number of rotatable bonds is 4. The van der Waals surface area contributed by atoms with E-state index in [0.29, 0.717) is 31.2 Å². The molecule has 1 saturated heterocycles. The smallest absolute Gasteiger partial charge is 0.272 e. The lowest BCUT2D eigenvalue weighted by Gasteiger charge is -2.31. The highest BCUT2D eigenvalue weighted by atomic mass is 16.5. The third-order valence-electron chi connectivity index (χ3n) is 3.41. The molecule has 1 fully saturated rings.